The van der Waals surface area contributed by atoms with Gasteiger partial charge in [-0.05, 0) is 90.6 Å². The van der Waals surface area contributed by atoms with Gasteiger partial charge < -0.3 is 20.3 Å². The fourth-order valence-corrected chi connectivity index (χ4v) is 5.80. The summed E-state index contributed by atoms with van der Waals surface area (Å²) in [6.07, 6.45) is 20.9. The minimum absolute atomic E-state index is 0.111. The van der Waals surface area contributed by atoms with E-state index in [1.54, 1.807) is 0 Å². The summed E-state index contributed by atoms with van der Waals surface area (Å²) in [4.78, 5) is 38.7. The molecule has 0 radical (unpaired) electrons. The van der Waals surface area contributed by atoms with Crippen molar-refractivity contribution in [3.8, 4) is 0 Å². The van der Waals surface area contributed by atoms with Gasteiger partial charge in [-0.15, -0.1) is 0 Å². The number of halogens is 4. The number of allylic oxidation sites excluding steroid dienone is 2. The lowest BCUT2D eigenvalue weighted by atomic mass is 10.0. The van der Waals surface area contributed by atoms with E-state index in [0.29, 0.717) is 32.1 Å². The summed E-state index contributed by atoms with van der Waals surface area (Å²) >= 11 is 0. The maximum atomic E-state index is 13.8. The van der Waals surface area contributed by atoms with Crippen molar-refractivity contribution in [1.82, 2.24) is 15.5 Å². The maximum absolute atomic E-state index is 13.8. The van der Waals surface area contributed by atoms with Crippen LogP contribution in [0.5, 0.6) is 0 Å². The molecular weight excluding hydrogens is 674 g/mol. The van der Waals surface area contributed by atoms with Gasteiger partial charge in [-0.1, -0.05) is 90.2 Å². The summed E-state index contributed by atoms with van der Waals surface area (Å²) < 4.78 is 61.0. The molecule has 0 fully saturated rings. The van der Waals surface area contributed by atoms with E-state index in [1.807, 2.05) is 32.8 Å². The molecule has 0 saturated heterocycles. The maximum Gasteiger partial charge on any atom is 0.306 e. The van der Waals surface area contributed by atoms with Gasteiger partial charge in [0, 0.05) is 45.2 Å². The SMILES string of the molecule is CCCCCC(F)(F)C=CCNC(=O)CCCCCCCC(CCCCCCCC(=O)NCC=CC(F)(F)CCCCC)OC(=O)CCCN(C)C. The topological polar surface area (TPSA) is 87.7 Å². The zero-order valence-corrected chi connectivity index (χ0v) is 33.1. The predicted octanol–water partition coefficient (Wildman–Crippen LogP) is 10.5. The molecule has 52 heavy (non-hydrogen) atoms. The second kappa shape index (κ2) is 32.0. The molecule has 0 saturated carbocycles. The van der Waals surface area contributed by atoms with Crippen molar-refractivity contribution in [2.24, 2.45) is 0 Å². The first-order chi connectivity index (χ1) is 24.8. The van der Waals surface area contributed by atoms with Crippen LogP contribution in [0.3, 0.4) is 0 Å². The monoisotopic (exact) mass is 748 g/mol. The Morgan fingerprint density at radius 2 is 1.02 bits per heavy atom. The van der Waals surface area contributed by atoms with E-state index in [0.717, 1.165) is 128 Å². The molecule has 0 aromatic heterocycles. The van der Waals surface area contributed by atoms with Gasteiger partial charge in [-0.3, -0.25) is 14.4 Å². The van der Waals surface area contributed by atoms with Crippen LogP contribution in [0, 0.1) is 0 Å². The quantitative estimate of drug-likeness (QED) is 0.0292. The van der Waals surface area contributed by atoms with E-state index in [4.69, 9.17) is 4.74 Å². The molecule has 2 N–H and O–H groups in total. The van der Waals surface area contributed by atoms with Crippen LogP contribution in [0.4, 0.5) is 17.6 Å². The van der Waals surface area contributed by atoms with E-state index in [2.05, 4.69) is 10.6 Å². The normalized spacial score (nSPS) is 12.9. The third-order valence-corrected chi connectivity index (χ3v) is 8.93. The summed E-state index contributed by atoms with van der Waals surface area (Å²) in [5, 5.41) is 5.37. The number of hydrogen-bond donors (Lipinski definition) is 2. The number of carbonyl (C=O) groups excluding carboxylic acids is 3. The lowest BCUT2D eigenvalue weighted by molar-refractivity contribution is -0.150. The zero-order valence-electron chi connectivity index (χ0n) is 33.1. The summed E-state index contributed by atoms with van der Waals surface area (Å²) in [6.45, 7) is 5.00. The molecule has 0 spiro atoms. The van der Waals surface area contributed by atoms with E-state index >= 15 is 0 Å². The van der Waals surface area contributed by atoms with Gasteiger partial charge in [0.15, 0.2) is 0 Å². The van der Waals surface area contributed by atoms with Crippen molar-refractivity contribution in [2.75, 3.05) is 33.7 Å². The number of nitrogens with one attached hydrogen (secondary N) is 2. The highest BCUT2D eigenvalue weighted by atomic mass is 19.3. The summed E-state index contributed by atoms with van der Waals surface area (Å²) in [7, 11) is 3.95. The summed E-state index contributed by atoms with van der Waals surface area (Å²) in [6, 6.07) is 0. The fraction of sp³-hybridized carbons (Fsp3) is 0.829. The minimum Gasteiger partial charge on any atom is -0.462 e. The molecule has 0 atom stereocenters. The Labute approximate surface area is 313 Å². The van der Waals surface area contributed by atoms with Crippen LogP contribution in [0.15, 0.2) is 24.3 Å². The lowest BCUT2D eigenvalue weighted by Gasteiger charge is -2.18. The van der Waals surface area contributed by atoms with Crippen molar-refractivity contribution >= 4 is 17.8 Å². The molecule has 11 heteroatoms. The standard InChI is InChI=1S/C41H73F4N3O4/c1-5-7-19-29-40(42,43)31-22-33-46-37(49)26-17-13-9-11-15-24-36(52-39(51)28-21-35-48(3)4)25-16-12-10-14-18-27-38(50)47-34-23-32-41(44,45)30-20-8-6-2/h22-23,31-32,36H,5-21,24-30,33-35H2,1-4H3,(H,46,49)(H,47,50). The van der Waals surface area contributed by atoms with Crippen LogP contribution in [0.25, 0.3) is 0 Å². The third-order valence-electron chi connectivity index (χ3n) is 8.93. The van der Waals surface area contributed by atoms with Crippen LogP contribution >= 0.6 is 0 Å². The van der Waals surface area contributed by atoms with Crippen LogP contribution < -0.4 is 10.6 Å². The second-order valence-corrected chi connectivity index (χ2v) is 14.5. The van der Waals surface area contributed by atoms with Crippen molar-refractivity contribution in [3.05, 3.63) is 24.3 Å². The Kier molecular flexibility index (Phi) is 30.5. The molecule has 0 rings (SSSR count). The molecule has 0 bridgehead atoms. The number of carbonyl (C=O) groups is 3. The summed E-state index contributed by atoms with van der Waals surface area (Å²) in [5.74, 6) is -6.07. The molecule has 0 heterocycles. The van der Waals surface area contributed by atoms with Gasteiger partial charge in [0.05, 0.1) is 0 Å². The largest absolute Gasteiger partial charge is 0.462 e. The molecule has 2 amide bonds. The van der Waals surface area contributed by atoms with Crippen molar-refractivity contribution < 1.29 is 36.7 Å². The molecule has 0 aromatic carbocycles. The van der Waals surface area contributed by atoms with Gasteiger partial charge in [0.1, 0.15) is 6.10 Å². The highest BCUT2D eigenvalue weighted by Crippen LogP contribution is 2.24. The zero-order chi connectivity index (χ0) is 38.9. The number of esters is 1. The Morgan fingerprint density at radius 1 is 0.596 bits per heavy atom. The molecule has 304 valence electrons. The van der Waals surface area contributed by atoms with E-state index in [9.17, 15) is 31.9 Å². The van der Waals surface area contributed by atoms with Crippen molar-refractivity contribution in [2.45, 2.75) is 186 Å². The average molecular weight is 748 g/mol. The lowest BCUT2D eigenvalue weighted by Crippen LogP contribution is -2.23. The number of amides is 2. The first kappa shape index (κ1) is 49.6. The van der Waals surface area contributed by atoms with Crippen LogP contribution in [0.2, 0.25) is 0 Å². The smallest absolute Gasteiger partial charge is 0.306 e. The first-order valence-electron chi connectivity index (χ1n) is 20.3. The van der Waals surface area contributed by atoms with E-state index in [-0.39, 0.29) is 49.8 Å². The molecule has 0 aliphatic heterocycles. The fourth-order valence-electron chi connectivity index (χ4n) is 5.80. The van der Waals surface area contributed by atoms with E-state index < -0.39 is 11.8 Å². The first-order valence-corrected chi connectivity index (χ1v) is 20.3. The summed E-state index contributed by atoms with van der Waals surface area (Å²) in [5.41, 5.74) is 0. The van der Waals surface area contributed by atoms with Gasteiger partial charge in [-0.2, -0.15) is 0 Å². The van der Waals surface area contributed by atoms with E-state index in [1.165, 1.54) is 12.2 Å². The Morgan fingerprint density at radius 3 is 1.44 bits per heavy atom. The molecule has 0 aliphatic carbocycles. The minimum atomic E-state index is -2.83. The number of alkyl halides is 4. The number of rotatable bonds is 35. The number of hydrogen-bond acceptors (Lipinski definition) is 5. The van der Waals surface area contributed by atoms with Gasteiger partial charge >= 0.3 is 5.97 Å². The number of unbranched alkanes of at least 4 members (excludes halogenated alkanes) is 12. The van der Waals surface area contributed by atoms with Gasteiger partial charge in [0.25, 0.3) is 11.8 Å². The van der Waals surface area contributed by atoms with Crippen LogP contribution in [-0.2, 0) is 19.1 Å². The van der Waals surface area contributed by atoms with Crippen molar-refractivity contribution in [3.63, 3.8) is 0 Å². The number of nitrogens with zero attached hydrogens (tertiary/aromatic N) is 1. The second-order valence-electron chi connectivity index (χ2n) is 14.5. The van der Waals surface area contributed by atoms with Crippen LogP contribution in [-0.4, -0.2) is 74.4 Å². The highest BCUT2D eigenvalue weighted by Gasteiger charge is 2.24. The predicted molar refractivity (Wildman–Crippen MR) is 205 cm³/mol. The highest BCUT2D eigenvalue weighted by molar-refractivity contribution is 5.76. The number of ether oxygens (including phenoxy) is 1. The van der Waals surface area contributed by atoms with Gasteiger partial charge in [-0.25, -0.2) is 17.6 Å². The molecule has 7 nitrogen and oxygen atoms in total. The Hall–Kier alpha value is -2.43. The Balaban J connectivity index is 4.29. The molecule has 0 aromatic rings. The third kappa shape index (κ3) is 33.4. The molecule has 0 unspecified atom stereocenters. The average Bonchev–Trinajstić information content (AvgIpc) is 3.07. The molecule has 0 aliphatic rings. The van der Waals surface area contributed by atoms with Crippen LogP contribution in [0.1, 0.15) is 168 Å². The molecular formula is C41H73F4N3O4. The Bertz CT molecular complexity index is 914. The van der Waals surface area contributed by atoms with Crippen molar-refractivity contribution in [1.29, 1.82) is 0 Å². The van der Waals surface area contributed by atoms with Gasteiger partial charge in [0.2, 0.25) is 11.8 Å².